The fourth-order valence-corrected chi connectivity index (χ4v) is 4.25. The van der Waals surface area contributed by atoms with Gasteiger partial charge in [-0.1, -0.05) is 48.6 Å². The highest BCUT2D eigenvalue weighted by Crippen LogP contribution is 2.41. The maximum absolute atomic E-state index is 14.0. The fourth-order valence-electron chi connectivity index (χ4n) is 4.25. The normalized spacial score (nSPS) is 18.5. The van der Waals surface area contributed by atoms with Crippen molar-refractivity contribution in [1.82, 2.24) is 20.6 Å². The van der Waals surface area contributed by atoms with Gasteiger partial charge < -0.3 is 16.5 Å². The number of aromatic nitrogens is 1. The predicted octanol–water partition coefficient (Wildman–Crippen LogP) is 5.43. The predicted molar refractivity (Wildman–Crippen MR) is 149 cm³/mol. The molecule has 1 aromatic heterocycles. The molecule has 1 aliphatic carbocycles. The number of rotatable bonds is 8. The zero-order valence-electron chi connectivity index (χ0n) is 22.6. The van der Waals surface area contributed by atoms with Crippen molar-refractivity contribution in [3.8, 4) is 0 Å². The maximum Gasteiger partial charge on any atom is 0.432 e. The molecule has 0 amide bonds. The van der Waals surface area contributed by atoms with Gasteiger partial charge in [-0.15, -0.1) is 13.2 Å². The largest absolute Gasteiger partial charge is 0.432 e. The van der Waals surface area contributed by atoms with Gasteiger partial charge in [-0.05, 0) is 63.9 Å². The van der Waals surface area contributed by atoms with Crippen LogP contribution < -0.4 is 22.3 Å². The van der Waals surface area contributed by atoms with Gasteiger partial charge in [0.15, 0.2) is 0 Å². The van der Waals surface area contributed by atoms with Crippen LogP contribution >= 0.6 is 0 Å². The lowest BCUT2D eigenvalue weighted by Crippen LogP contribution is -2.30. The van der Waals surface area contributed by atoms with Crippen LogP contribution in [0.4, 0.5) is 17.6 Å². The molecule has 6 nitrogen and oxygen atoms in total. The number of likely N-dealkylation sites (N-methyl/N-ethyl adjacent to an activating group) is 1. The minimum atomic E-state index is -4.55. The standard InChI is InChI=1S/C16H17FN2.C7H13N.C6H10F3N3/c1-18-15(12-5-3-2-4-6-12)14-10-9-13(11-7-8-11)16(17)19-14;1-3-7-5-4-6-8(7)2;1-2-3-4(12-11)5(10)6(7,8)9/h2-6,9-11,15,18H,7-8H2,1H3;3,7H,1,4-6H2,2H3;2,12H,1,3,10-11H2/b;;5-4-/t15-;;/m0../s1. The van der Waals surface area contributed by atoms with Gasteiger partial charge in [-0.25, -0.2) is 4.98 Å². The van der Waals surface area contributed by atoms with Crippen LogP contribution in [0.5, 0.6) is 0 Å². The Morgan fingerprint density at radius 2 is 1.82 bits per heavy atom. The number of benzene rings is 1. The Hall–Kier alpha value is -3.21. The Kier molecular flexibility index (Phi) is 12.6. The molecule has 39 heavy (non-hydrogen) atoms. The molecule has 0 spiro atoms. The van der Waals surface area contributed by atoms with Gasteiger partial charge in [0.2, 0.25) is 5.95 Å². The molecule has 10 heteroatoms. The third-order valence-corrected chi connectivity index (χ3v) is 6.64. The highest BCUT2D eigenvalue weighted by molar-refractivity contribution is 5.31. The molecule has 2 atom stereocenters. The van der Waals surface area contributed by atoms with Crippen molar-refractivity contribution in [2.24, 2.45) is 11.6 Å². The number of nitrogens with one attached hydrogen (secondary N) is 2. The molecule has 6 N–H and O–H groups in total. The van der Waals surface area contributed by atoms with Crippen molar-refractivity contribution in [3.63, 3.8) is 0 Å². The summed E-state index contributed by atoms with van der Waals surface area (Å²) in [6.07, 6.45) is 3.54. The molecule has 4 rings (SSSR count). The van der Waals surface area contributed by atoms with E-state index in [4.69, 9.17) is 11.6 Å². The first kappa shape index (κ1) is 32.0. The SMILES string of the molecule is C=CC/C(NN)=C(/N)C(F)(F)F.C=CC1CCCN1C.CN[C@@H](c1ccccc1)c1ccc(C2CC2)c(F)n1. The van der Waals surface area contributed by atoms with Gasteiger partial charge in [0.25, 0.3) is 0 Å². The molecule has 214 valence electrons. The second-order valence-electron chi connectivity index (χ2n) is 9.48. The van der Waals surface area contributed by atoms with Crippen LogP contribution in [0, 0.1) is 5.95 Å². The third kappa shape index (κ3) is 9.80. The van der Waals surface area contributed by atoms with Gasteiger partial charge >= 0.3 is 6.18 Å². The lowest BCUT2D eigenvalue weighted by molar-refractivity contribution is -0.0939. The topological polar surface area (TPSA) is 92.2 Å². The van der Waals surface area contributed by atoms with Crippen molar-refractivity contribution in [2.75, 3.05) is 20.6 Å². The zero-order chi connectivity index (χ0) is 29.0. The van der Waals surface area contributed by atoms with Crippen molar-refractivity contribution in [2.45, 2.75) is 56.3 Å². The van der Waals surface area contributed by atoms with E-state index in [0.29, 0.717) is 12.0 Å². The van der Waals surface area contributed by atoms with Crippen LogP contribution in [0.15, 0.2) is 79.2 Å². The average molecular weight is 549 g/mol. The Bertz CT molecular complexity index is 1080. The molecule has 2 aliphatic rings. The van der Waals surface area contributed by atoms with Crippen LogP contribution in [-0.4, -0.2) is 42.7 Å². The smallest absolute Gasteiger partial charge is 0.393 e. The minimum absolute atomic E-state index is 0.0398. The molecule has 1 aliphatic heterocycles. The Balaban J connectivity index is 0.000000229. The minimum Gasteiger partial charge on any atom is -0.393 e. The van der Waals surface area contributed by atoms with Crippen LogP contribution in [0.1, 0.15) is 60.9 Å². The summed E-state index contributed by atoms with van der Waals surface area (Å²) in [4.78, 5) is 6.49. The summed E-state index contributed by atoms with van der Waals surface area (Å²) in [6, 6.07) is 14.4. The first-order valence-corrected chi connectivity index (χ1v) is 12.9. The molecule has 1 unspecified atom stereocenters. The number of hydrogen-bond acceptors (Lipinski definition) is 6. The highest BCUT2D eigenvalue weighted by Gasteiger charge is 2.34. The van der Waals surface area contributed by atoms with Crippen molar-refractivity contribution >= 4 is 0 Å². The average Bonchev–Trinajstić information content (AvgIpc) is 3.68. The summed E-state index contributed by atoms with van der Waals surface area (Å²) in [5.74, 6) is 4.91. The van der Waals surface area contributed by atoms with E-state index in [-0.39, 0.29) is 24.1 Å². The first-order chi connectivity index (χ1) is 18.6. The van der Waals surface area contributed by atoms with Crippen LogP contribution in [0.3, 0.4) is 0 Å². The summed E-state index contributed by atoms with van der Waals surface area (Å²) < 4.78 is 49.7. The Labute approximate surface area is 228 Å². The van der Waals surface area contributed by atoms with Crippen LogP contribution in [-0.2, 0) is 0 Å². The number of alkyl halides is 3. The van der Waals surface area contributed by atoms with Gasteiger partial charge in [-0.3, -0.25) is 10.7 Å². The Morgan fingerprint density at radius 3 is 2.23 bits per heavy atom. The molecule has 2 fully saturated rings. The van der Waals surface area contributed by atoms with Crippen LogP contribution in [0.2, 0.25) is 0 Å². The number of pyridine rings is 1. The number of allylic oxidation sites excluding steroid dienone is 2. The summed E-state index contributed by atoms with van der Waals surface area (Å²) in [6.45, 7) is 8.26. The second kappa shape index (κ2) is 15.4. The van der Waals surface area contributed by atoms with E-state index >= 15 is 0 Å². The van der Waals surface area contributed by atoms with Crippen molar-refractivity contribution < 1.29 is 17.6 Å². The maximum atomic E-state index is 14.0. The van der Waals surface area contributed by atoms with E-state index in [1.54, 1.807) is 0 Å². The van der Waals surface area contributed by atoms with E-state index in [9.17, 15) is 17.6 Å². The number of hydrazine groups is 1. The zero-order valence-corrected chi connectivity index (χ0v) is 22.6. The van der Waals surface area contributed by atoms with Gasteiger partial charge in [0.05, 0.1) is 17.4 Å². The number of halogens is 4. The van der Waals surface area contributed by atoms with E-state index in [2.05, 4.69) is 35.4 Å². The lowest BCUT2D eigenvalue weighted by Gasteiger charge is -2.16. The number of nitrogens with zero attached hydrogens (tertiary/aromatic N) is 2. The summed E-state index contributed by atoms with van der Waals surface area (Å²) in [5.41, 5.74) is 7.73. The summed E-state index contributed by atoms with van der Waals surface area (Å²) >= 11 is 0. The molecular weight excluding hydrogens is 508 g/mol. The van der Waals surface area contributed by atoms with Crippen molar-refractivity contribution in [1.29, 1.82) is 0 Å². The van der Waals surface area contributed by atoms with Crippen LogP contribution in [0.25, 0.3) is 0 Å². The van der Waals surface area contributed by atoms with Gasteiger partial charge in [0.1, 0.15) is 5.70 Å². The fraction of sp³-hybridized carbons (Fsp3) is 0.414. The highest BCUT2D eigenvalue weighted by atomic mass is 19.4. The molecule has 0 radical (unpaired) electrons. The van der Waals surface area contributed by atoms with E-state index in [0.717, 1.165) is 29.7 Å². The summed E-state index contributed by atoms with van der Waals surface area (Å²) in [5, 5.41) is 3.20. The monoisotopic (exact) mass is 548 g/mol. The van der Waals surface area contributed by atoms with Crippen molar-refractivity contribution in [3.05, 3.63) is 102 Å². The van der Waals surface area contributed by atoms with E-state index in [1.165, 1.54) is 25.5 Å². The number of hydrogen-bond donors (Lipinski definition) is 4. The van der Waals surface area contributed by atoms with E-state index < -0.39 is 11.9 Å². The van der Waals surface area contributed by atoms with Gasteiger partial charge in [-0.2, -0.15) is 17.6 Å². The van der Waals surface area contributed by atoms with E-state index in [1.807, 2.05) is 61.0 Å². The molecule has 2 aromatic rings. The lowest BCUT2D eigenvalue weighted by atomic mass is 10.0. The molecular formula is C29H40F4N6. The first-order valence-electron chi connectivity index (χ1n) is 12.9. The summed E-state index contributed by atoms with van der Waals surface area (Å²) in [7, 11) is 4.02. The number of nitrogens with two attached hydrogens (primary N) is 2. The molecule has 2 heterocycles. The molecule has 1 saturated carbocycles. The number of likely N-dealkylation sites (tertiary alicyclic amines) is 1. The Morgan fingerprint density at radius 1 is 1.15 bits per heavy atom. The quantitative estimate of drug-likeness (QED) is 0.116. The molecule has 0 bridgehead atoms. The molecule has 1 saturated heterocycles. The molecule has 1 aromatic carbocycles. The third-order valence-electron chi connectivity index (χ3n) is 6.64. The second-order valence-corrected chi connectivity index (χ2v) is 9.48. The van der Waals surface area contributed by atoms with Gasteiger partial charge in [0, 0.05) is 18.0 Å².